The second-order valence-electron chi connectivity index (χ2n) is 5.89. The lowest BCUT2D eigenvalue weighted by atomic mass is 10.0. The third-order valence-corrected chi connectivity index (χ3v) is 5.51. The van der Waals surface area contributed by atoms with Crippen LogP contribution in [0.2, 0.25) is 0 Å². The lowest BCUT2D eigenvalue weighted by molar-refractivity contribution is 0.469. The van der Waals surface area contributed by atoms with Gasteiger partial charge in [-0.25, -0.2) is 8.42 Å². The minimum absolute atomic E-state index is 0.0114. The molecule has 1 saturated heterocycles. The summed E-state index contributed by atoms with van der Waals surface area (Å²) in [4.78, 5) is 0. The molecule has 2 heterocycles. The third kappa shape index (κ3) is 3.41. The fraction of sp³-hybridized carbons (Fsp3) is 0.786. The second kappa shape index (κ2) is 6.26. The highest BCUT2D eigenvalue weighted by Crippen LogP contribution is 2.29. The summed E-state index contributed by atoms with van der Waals surface area (Å²) in [5.41, 5.74) is 2.37. The Morgan fingerprint density at radius 3 is 2.80 bits per heavy atom. The van der Waals surface area contributed by atoms with Crippen LogP contribution in [0.1, 0.15) is 56.8 Å². The van der Waals surface area contributed by atoms with Crippen LogP contribution in [0.3, 0.4) is 0 Å². The second-order valence-corrected chi connectivity index (χ2v) is 8.12. The molecule has 1 fully saturated rings. The van der Waals surface area contributed by atoms with Crippen molar-refractivity contribution in [1.29, 1.82) is 0 Å². The predicted octanol–water partition coefficient (Wildman–Crippen LogP) is 1.87. The molecule has 1 aromatic heterocycles. The van der Waals surface area contributed by atoms with Gasteiger partial charge >= 0.3 is 0 Å². The molecule has 0 amide bonds. The Morgan fingerprint density at radius 1 is 1.50 bits per heavy atom. The molecule has 1 unspecified atom stereocenters. The van der Waals surface area contributed by atoms with Crippen molar-refractivity contribution in [3.05, 3.63) is 17.5 Å². The Balaban J connectivity index is 2.21. The number of nitrogens with zero attached hydrogens (tertiary/aromatic N) is 2. The number of rotatable bonds is 6. The van der Waals surface area contributed by atoms with E-state index in [9.17, 15) is 8.42 Å². The number of hydrogen-bond acceptors (Lipinski definition) is 4. The highest BCUT2D eigenvalue weighted by Gasteiger charge is 2.31. The van der Waals surface area contributed by atoms with E-state index in [1.54, 1.807) is 0 Å². The smallest absolute Gasteiger partial charge is 0.152 e. The van der Waals surface area contributed by atoms with Crippen molar-refractivity contribution in [2.75, 3.05) is 18.1 Å². The zero-order valence-corrected chi connectivity index (χ0v) is 13.4. The van der Waals surface area contributed by atoms with Gasteiger partial charge in [0.15, 0.2) is 9.84 Å². The highest BCUT2D eigenvalue weighted by atomic mass is 32.2. The van der Waals surface area contributed by atoms with Gasteiger partial charge in [-0.2, -0.15) is 5.10 Å². The first-order valence-corrected chi connectivity index (χ1v) is 9.24. The molecule has 20 heavy (non-hydrogen) atoms. The Bertz CT molecular complexity index is 549. The molecule has 0 spiro atoms. The molecule has 2 rings (SSSR count). The van der Waals surface area contributed by atoms with Gasteiger partial charge in [-0.15, -0.1) is 0 Å². The number of hydrogen-bond donors (Lipinski definition) is 1. The molecule has 1 N–H and O–H groups in total. The molecule has 0 bridgehead atoms. The maximum Gasteiger partial charge on any atom is 0.152 e. The van der Waals surface area contributed by atoms with Crippen LogP contribution in [-0.4, -0.2) is 36.2 Å². The molecule has 0 saturated carbocycles. The molecular formula is C14H25N3O2S. The van der Waals surface area contributed by atoms with Gasteiger partial charge in [-0.1, -0.05) is 20.8 Å². The summed E-state index contributed by atoms with van der Waals surface area (Å²) in [6.45, 7) is 8.21. The minimum Gasteiger partial charge on any atom is -0.313 e. The topological polar surface area (TPSA) is 64.0 Å². The molecule has 1 aliphatic heterocycles. The van der Waals surface area contributed by atoms with Crippen molar-refractivity contribution in [3.63, 3.8) is 0 Å². The van der Waals surface area contributed by atoms with Crippen LogP contribution in [-0.2, 0) is 16.4 Å². The van der Waals surface area contributed by atoms with Crippen LogP contribution in [0.4, 0.5) is 0 Å². The van der Waals surface area contributed by atoms with E-state index < -0.39 is 9.84 Å². The number of aromatic nitrogens is 2. The van der Waals surface area contributed by atoms with Gasteiger partial charge in [0.1, 0.15) is 0 Å². The molecule has 0 aliphatic carbocycles. The Kier molecular flexibility index (Phi) is 4.86. The zero-order valence-electron chi connectivity index (χ0n) is 12.6. The summed E-state index contributed by atoms with van der Waals surface area (Å²) >= 11 is 0. The highest BCUT2D eigenvalue weighted by molar-refractivity contribution is 7.91. The molecule has 0 aromatic carbocycles. The Hall–Kier alpha value is -0.880. The van der Waals surface area contributed by atoms with Crippen molar-refractivity contribution < 1.29 is 8.42 Å². The summed E-state index contributed by atoms with van der Waals surface area (Å²) in [5.74, 6) is 0.869. The van der Waals surface area contributed by atoms with Crippen molar-refractivity contribution in [3.8, 4) is 0 Å². The van der Waals surface area contributed by atoms with E-state index >= 15 is 0 Å². The SMILES string of the molecule is CCCNCc1cnn(C2CCS(=O)(=O)C2)c1C(C)C. The van der Waals surface area contributed by atoms with Gasteiger partial charge in [-0.3, -0.25) is 4.68 Å². The Morgan fingerprint density at radius 2 is 2.25 bits per heavy atom. The third-order valence-electron chi connectivity index (χ3n) is 3.76. The van der Waals surface area contributed by atoms with Crippen LogP contribution in [0.25, 0.3) is 0 Å². The van der Waals surface area contributed by atoms with Gasteiger partial charge in [0, 0.05) is 17.8 Å². The molecular weight excluding hydrogens is 274 g/mol. The van der Waals surface area contributed by atoms with E-state index in [1.807, 2.05) is 10.9 Å². The lowest BCUT2D eigenvalue weighted by Gasteiger charge is -2.17. The molecule has 1 aliphatic rings. The number of sulfone groups is 1. The summed E-state index contributed by atoms with van der Waals surface area (Å²) in [6.07, 6.45) is 3.68. The maximum atomic E-state index is 11.7. The summed E-state index contributed by atoms with van der Waals surface area (Å²) in [7, 11) is -2.87. The zero-order chi connectivity index (χ0) is 14.8. The largest absolute Gasteiger partial charge is 0.313 e. The first kappa shape index (κ1) is 15.5. The molecule has 114 valence electrons. The van der Waals surface area contributed by atoms with Gasteiger partial charge < -0.3 is 5.32 Å². The standard InChI is InChI=1S/C14H25N3O2S/c1-4-6-15-8-12-9-16-17(14(12)11(2)3)13-5-7-20(18,19)10-13/h9,11,13,15H,4-8,10H2,1-3H3. The van der Waals surface area contributed by atoms with Crippen LogP contribution in [0.5, 0.6) is 0 Å². The van der Waals surface area contributed by atoms with Crippen molar-refractivity contribution in [1.82, 2.24) is 15.1 Å². The van der Waals surface area contributed by atoms with Gasteiger partial charge in [0.25, 0.3) is 0 Å². The molecule has 1 aromatic rings. The average molecular weight is 299 g/mol. The predicted molar refractivity (Wildman–Crippen MR) is 80.6 cm³/mol. The summed E-state index contributed by atoms with van der Waals surface area (Å²) in [5, 5.41) is 7.87. The van der Waals surface area contributed by atoms with Gasteiger partial charge in [-0.05, 0) is 25.3 Å². The Labute approximate surface area is 121 Å². The molecule has 1 atom stereocenters. The van der Waals surface area contributed by atoms with Crippen LogP contribution in [0, 0.1) is 0 Å². The minimum atomic E-state index is -2.87. The monoisotopic (exact) mass is 299 g/mol. The average Bonchev–Trinajstić information content (AvgIpc) is 2.93. The van der Waals surface area contributed by atoms with Crippen LogP contribution in [0.15, 0.2) is 6.20 Å². The molecule has 6 heteroatoms. The summed E-state index contributed by atoms with van der Waals surface area (Å²) in [6, 6.07) is 0.0114. The van der Waals surface area contributed by atoms with Crippen LogP contribution < -0.4 is 5.32 Å². The maximum absolute atomic E-state index is 11.7. The van der Waals surface area contributed by atoms with E-state index in [4.69, 9.17) is 0 Å². The quantitative estimate of drug-likeness (QED) is 0.814. The van der Waals surface area contributed by atoms with Crippen molar-refractivity contribution in [2.45, 2.75) is 52.1 Å². The first-order chi connectivity index (χ1) is 9.44. The van der Waals surface area contributed by atoms with E-state index in [2.05, 4.69) is 31.2 Å². The normalized spacial score (nSPS) is 21.7. The van der Waals surface area contributed by atoms with E-state index in [0.717, 1.165) is 19.5 Å². The fourth-order valence-electron chi connectivity index (χ4n) is 2.84. The fourth-order valence-corrected chi connectivity index (χ4v) is 4.53. The van der Waals surface area contributed by atoms with E-state index in [0.29, 0.717) is 18.1 Å². The van der Waals surface area contributed by atoms with E-state index in [-0.39, 0.29) is 11.8 Å². The number of nitrogens with one attached hydrogen (secondary N) is 1. The molecule has 5 nitrogen and oxygen atoms in total. The first-order valence-electron chi connectivity index (χ1n) is 7.42. The van der Waals surface area contributed by atoms with Crippen molar-refractivity contribution in [2.24, 2.45) is 0 Å². The van der Waals surface area contributed by atoms with Gasteiger partial charge in [0.2, 0.25) is 0 Å². The van der Waals surface area contributed by atoms with Crippen molar-refractivity contribution >= 4 is 9.84 Å². The van der Waals surface area contributed by atoms with Gasteiger partial charge in [0.05, 0.1) is 23.7 Å². The summed E-state index contributed by atoms with van der Waals surface area (Å²) < 4.78 is 25.3. The molecule has 0 radical (unpaired) electrons. The lowest BCUT2D eigenvalue weighted by Crippen LogP contribution is -2.18. The van der Waals surface area contributed by atoms with E-state index in [1.165, 1.54) is 11.3 Å². The van der Waals surface area contributed by atoms with Crippen LogP contribution >= 0.6 is 0 Å².